The van der Waals surface area contributed by atoms with Crippen molar-refractivity contribution in [3.63, 3.8) is 0 Å². The molecule has 0 bridgehead atoms. The van der Waals surface area contributed by atoms with Crippen LogP contribution in [0.25, 0.3) is 0 Å². The van der Waals surface area contributed by atoms with Gasteiger partial charge in [0.2, 0.25) is 0 Å². The summed E-state index contributed by atoms with van der Waals surface area (Å²) >= 11 is 1.50. The maximum Gasteiger partial charge on any atom is 0.251 e. The smallest absolute Gasteiger partial charge is 0.251 e. The van der Waals surface area contributed by atoms with E-state index in [9.17, 15) is 0 Å². The number of aromatic nitrogens is 2. The number of hydrogen-bond donors (Lipinski definition) is 0. The van der Waals surface area contributed by atoms with Gasteiger partial charge in [-0.05, 0) is 43.8 Å². The predicted molar refractivity (Wildman–Crippen MR) is 87.7 cm³/mol. The maximum atomic E-state index is 4.23. The van der Waals surface area contributed by atoms with Crippen molar-refractivity contribution in [1.82, 2.24) is 10.2 Å². The van der Waals surface area contributed by atoms with Gasteiger partial charge in [-0.1, -0.05) is 31.1 Å². The number of aliphatic imine (C=N–C) groups is 1. The molecule has 0 aliphatic heterocycles. The molecule has 0 aliphatic rings. The largest absolute Gasteiger partial charge is 0.265 e. The number of azo groups is 1. The van der Waals surface area contributed by atoms with Crippen molar-refractivity contribution in [2.24, 2.45) is 15.2 Å². The lowest BCUT2D eigenvalue weighted by atomic mass is 10.2. The average Bonchev–Trinajstić information content (AvgIpc) is 2.94. The van der Waals surface area contributed by atoms with Crippen LogP contribution in [0.5, 0.6) is 0 Å². The summed E-state index contributed by atoms with van der Waals surface area (Å²) in [7, 11) is 0. The monoisotopic (exact) mass is 301 g/mol. The van der Waals surface area contributed by atoms with Crippen LogP contribution in [0, 0.1) is 6.92 Å². The highest BCUT2D eigenvalue weighted by Gasteiger charge is 2.03. The average molecular weight is 301 g/mol. The fourth-order valence-electron chi connectivity index (χ4n) is 1.86. The highest BCUT2D eigenvalue weighted by atomic mass is 32.1. The minimum atomic E-state index is 0.604. The third kappa shape index (κ3) is 4.53. The van der Waals surface area contributed by atoms with E-state index in [1.165, 1.54) is 24.2 Å². The first kappa shape index (κ1) is 15.4. The van der Waals surface area contributed by atoms with Gasteiger partial charge < -0.3 is 0 Å². The molecule has 0 radical (unpaired) electrons. The number of unbranched alkanes of at least 4 members (excludes halogenated alkanes) is 2. The van der Waals surface area contributed by atoms with E-state index in [4.69, 9.17) is 0 Å². The third-order valence-corrected chi connectivity index (χ3v) is 3.92. The molecular weight excluding hydrogens is 282 g/mol. The van der Waals surface area contributed by atoms with Crippen molar-refractivity contribution in [3.05, 3.63) is 28.8 Å². The lowest BCUT2D eigenvalue weighted by Gasteiger charge is -1.99. The van der Waals surface area contributed by atoms with Crippen LogP contribution < -0.4 is 0 Å². The Labute approximate surface area is 128 Å². The minimum Gasteiger partial charge on any atom is -0.265 e. The molecule has 2 rings (SSSR count). The van der Waals surface area contributed by atoms with Crippen molar-refractivity contribution in [1.29, 1.82) is 0 Å². The molecule has 0 saturated heterocycles. The van der Waals surface area contributed by atoms with Gasteiger partial charge in [0.15, 0.2) is 0 Å². The zero-order chi connectivity index (χ0) is 15.1. The molecule has 0 N–H and O–H groups in total. The predicted octanol–water partition coefficient (Wildman–Crippen LogP) is 5.33. The molecule has 0 fully saturated rings. The number of hydrogen-bond acceptors (Lipinski definition) is 6. The molecule has 110 valence electrons. The summed E-state index contributed by atoms with van der Waals surface area (Å²) in [4.78, 5) is 3.89. The van der Waals surface area contributed by atoms with Gasteiger partial charge in [0.05, 0.1) is 11.4 Å². The Bertz CT molecular complexity index is 633. The SMILES string of the molecule is C=Nc1ccc(/N=N/c2nnc(CCCCC)s2)c(C)c1. The Morgan fingerprint density at radius 2 is 2.05 bits per heavy atom. The van der Waals surface area contributed by atoms with Gasteiger partial charge in [-0.3, -0.25) is 4.99 Å². The van der Waals surface area contributed by atoms with Crippen molar-refractivity contribution >= 4 is 34.6 Å². The Morgan fingerprint density at radius 3 is 2.76 bits per heavy atom. The van der Waals surface area contributed by atoms with Gasteiger partial charge in [-0.15, -0.1) is 20.4 Å². The van der Waals surface area contributed by atoms with Crippen LogP contribution in [-0.2, 0) is 6.42 Å². The van der Waals surface area contributed by atoms with Crippen molar-refractivity contribution in [2.45, 2.75) is 39.5 Å². The molecule has 6 heteroatoms. The summed E-state index contributed by atoms with van der Waals surface area (Å²) in [6.07, 6.45) is 4.55. The molecule has 1 aromatic heterocycles. The van der Waals surface area contributed by atoms with E-state index in [-0.39, 0.29) is 0 Å². The fraction of sp³-hybridized carbons (Fsp3) is 0.400. The molecular formula is C15H19N5S. The Morgan fingerprint density at radius 1 is 1.19 bits per heavy atom. The molecule has 0 atom stereocenters. The van der Waals surface area contributed by atoms with Crippen molar-refractivity contribution in [2.75, 3.05) is 0 Å². The molecule has 0 spiro atoms. The van der Waals surface area contributed by atoms with Crippen LogP contribution in [0.4, 0.5) is 16.5 Å². The van der Waals surface area contributed by atoms with Crippen LogP contribution in [0.2, 0.25) is 0 Å². The second-order valence-electron chi connectivity index (χ2n) is 4.76. The third-order valence-electron chi connectivity index (χ3n) is 3.06. The summed E-state index contributed by atoms with van der Waals surface area (Å²) < 4.78 is 0. The Hall–Kier alpha value is -1.95. The lowest BCUT2D eigenvalue weighted by Crippen LogP contribution is -1.83. The second kappa shape index (κ2) is 7.73. The highest BCUT2D eigenvalue weighted by Crippen LogP contribution is 2.27. The van der Waals surface area contributed by atoms with E-state index in [0.717, 1.165) is 34.8 Å². The second-order valence-corrected chi connectivity index (χ2v) is 5.80. The van der Waals surface area contributed by atoms with Gasteiger partial charge in [0, 0.05) is 6.42 Å². The molecule has 2 aromatic rings. The standard InChI is InChI=1S/C15H19N5S/c1-4-5-6-7-14-18-20-15(21-14)19-17-13-9-8-12(16-3)10-11(13)2/h8-10H,3-7H2,1-2H3/b19-17+. The molecule has 1 aromatic carbocycles. The van der Waals surface area contributed by atoms with E-state index in [1.54, 1.807) is 0 Å². The summed E-state index contributed by atoms with van der Waals surface area (Å²) in [5, 5.41) is 18.2. The molecule has 0 saturated carbocycles. The summed E-state index contributed by atoms with van der Waals surface area (Å²) in [5.74, 6) is 0. The van der Waals surface area contributed by atoms with Crippen LogP contribution in [0.3, 0.4) is 0 Å². The highest BCUT2D eigenvalue weighted by molar-refractivity contribution is 7.14. The molecule has 0 amide bonds. The van der Waals surface area contributed by atoms with Crippen LogP contribution >= 0.6 is 11.3 Å². The van der Waals surface area contributed by atoms with Gasteiger partial charge in [-0.2, -0.15) is 0 Å². The zero-order valence-corrected chi connectivity index (χ0v) is 13.2. The number of benzene rings is 1. The number of aryl methyl sites for hydroxylation is 2. The normalized spacial score (nSPS) is 11.1. The Kier molecular flexibility index (Phi) is 5.68. The number of nitrogens with zero attached hydrogens (tertiary/aromatic N) is 5. The minimum absolute atomic E-state index is 0.604. The van der Waals surface area contributed by atoms with Gasteiger partial charge >= 0.3 is 0 Å². The molecule has 0 aliphatic carbocycles. The van der Waals surface area contributed by atoms with E-state index in [0.29, 0.717) is 5.13 Å². The van der Waals surface area contributed by atoms with E-state index >= 15 is 0 Å². The molecule has 21 heavy (non-hydrogen) atoms. The summed E-state index contributed by atoms with van der Waals surface area (Å²) in [6.45, 7) is 7.67. The van der Waals surface area contributed by atoms with Crippen LogP contribution in [0.1, 0.15) is 36.8 Å². The van der Waals surface area contributed by atoms with Gasteiger partial charge in [0.1, 0.15) is 5.01 Å². The summed E-state index contributed by atoms with van der Waals surface area (Å²) in [5.41, 5.74) is 2.65. The lowest BCUT2D eigenvalue weighted by molar-refractivity contribution is 0.710. The fourth-order valence-corrected chi connectivity index (χ4v) is 2.56. The van der Waals surface area contributed by atoms with Crippen molar-refractivity contribution in [3.8, 4) is 0 Å². The summed E-state index contributed by atoms with van der Waals surface area (Å²) in [6, 6.07) is 5.67. The first-order valence-electron chi connectivity index (χ1n) is 7.04. The number of rotatable bonds is 7. The van der Waals surface area contributed by atoms with Gasteiger partial charge in [-0.25, -0.2) is 0 Å². The molecule has 1 heterocycles. The van der Waals surface area contributed by atoms with Crippen LogP contribution in [-0.4, -0.2) is 16.9 Å². The quantitative estimate of drug-likeness (QED) is 0.394. The topological polar surface area (TPSA) is 62.9 Å². The Balaban J connectivity index is 2.02. The van der Waals surface area contributed by atoms with Gasteiger partial charge in [0.25, 0.3) is 5.13 Å². The van der Waals surface area contributed by atoms with E-state index in [1.807, 2.05) is 25.1 Å². The first-order valence-corrected chi connectivity index (χ1v) is 7.86. The first-order chi connectivity index (χ1) is 10.2. The zero-order valence-electron chi connectivity index (χ0n) is 12.4. The van der Waals surface area contributed by atoms with Crippen LogP contribution in [0.15, 0.2) is 33.4 Å². The molecule has 0 unspecified atom stereocenters. The van der Waals surface area contributed by atoms with E-state index < -0.39 is 0 Å². The maximum absolute atomic E-state index is 4.23. The molecule has 5 nitrogen and oxygen atoms in total. The van der Waals surface area contributed by atoms with E-state index in [2.05, 4.69) is 39.1 Å². The van der Waals surface area contributed by atoms with Crippen molar-refractivity contribution < 1.29 is 0 Å².